The molecule has 0 aliphatic heterocycles. The van der Waals surface area contributed by atoms with Gasteiger partial charge in [0.05, 0.1) is 6.33 Å². The summed E-state index contributed by atoms with van der Waals surface area (Å²) in [6.07, 6.45) is 4.00. The van der Waals surface area contributed by atoms with E-state index in [2.05, 4.69) is 20.9 Å². The summed E-state index contributed by atoms with van der Waals surface area (Å²) in [7, 11) is 0. The second-order valence-corrected chi connectivity index (χ2v) is 5.06. The van der Waals surface area contributed by atoms with Crippen LogP contribution in [0.3, 0.4) is 0 Å². The molecule has 1 heterocycles. The molecule has 2 rings (SSSR count). The van der Waals surface area contributed by atoms with Crippen LogP contribution in [0.1, 0.15) is 23.2 Å². The Bertz CT molecular complexity index is 620. The van der Waals surface area contributed by atoms with Gasteiger partial charge in [0.2, 0.25) is 0 Å². The Balaban J connectivity index is 1.89. The summed E-state index contributed by atoms with van der Waals surface area (Å²) >= 11 is 3.33. The van der Waals surface area contributed by atoms with Crippen molar-refractivity contribution in [2.24, 2.45) is 0 Å². The molecule has 0 unspecified atom stereocenters. The molecule has 0 N–H and O–H groups in total. The average Bonchev–Trinajstić information content (AvgIpc) is 2.41. The third-order valence-electron chi connectivity index (χ3n) is 2.76. The molecule has 1 aromatic heterocycles. The molecular weight excluding hydrogens is 308 g/mol. The van der Waals surface area contributed by atoms with Crippen molar-refractivity contribution in [1.29, 1.82) is 0 Å². The Morgan fingerprint density at radius 2 is 1.95 bits per heavy atom. The number of rotatable bonds is 5. The zero-order valence-corrected chi connectivity index (χ0v) is 11.8. The van der Waals surface area contributed by atoms with Crippen LogP contribution in [0.5, 0.6) is 0 Å². The van der Waals surface area contributed by atoms with Gasteiger partial charge in [-0.1, -0.05) is 28.1 Å². The number of carbonyl (C=O) groups is 1. The first-order valence-electron chi connectivity index (χ1n) is 5.96. The normalized spacial score (nSPS) is 10.4. The van der Waals surface area contributed by atoms with Gasteiger partial charge in [-0.3, -0.25) is 14.2 Å². The Kier molecular flexibility index (Phi) is 4.63. The van der Waals surface area contributed by atoms with Crippen molar-refractivity contribution >= 4 is 21.7 Å². The van der Waals surface area contributed by atoms with Gasteiger partial charge in [0.1, 0.15) is 0 Å². The quantitative estimate of drug-likeness (QED) is 0.796. The first kappa shape index (κ1) is 13.7. The SMILES string of the molecule is O=C(CCCn1cnccc1=O)c1ccc(Br)cc1. The van der Waals surface area contributed by atoms with Crippen molar-refractivity contribution in [2.45, 2.75) is 19.4 Å². The lowest BCUT2D eigenvalue weighted by Crippen LogP contribution is -2.19. The average molecular weight is 321 g/mol. The largest absolute Gasteiger partial charge is 0.299 e. The number of halogens is 1. The first-order chi connectivity index (χ1) is 9.16. The minimum atomic E-state index is -0.0916. The van der Waals surface area contributed by atoms with Gasteiger partial charge in [-0.25, -0.2) is 4.98 Å². The number of carbonyl (C=O) groups excluding carboxylic acids is 1. The van der Waals surface area contributed by atoms with E-state index in [-0.39, 0.29) is 11.3 Å². The standard InChI is InChI=1S/C14H13BrN2O2/c15-12-5-3-11(4-6-12)13(18)2-1-9-17-10-16-8-7-14(17)19/h3-8,10H,1-2,9H2. The number of benzene rings is 1. The van der Waals surface area contributed by atoms with Gasteiger partial charge in [-0.05, 0) is 18.6 Å². The predicted molar refractivity (Wildman–Crippen MR) is 76.2 cm³/mol. The van der Waals surface area contributed by atoms with E-state index in [4.69, 9.17) is 0 Å². The lowest BCUT2D eigenvalue weighted by Gasteiger charge is -2.04. The van der Waals surface area contributed by atoms with Gasteiger partial charge < -0.3 is 0 Å². The van der Waals surface area contributed by atoms with E-state index in [9.17, 15) is 9.59 Å². The molecule has 0 atom stereocenters. The summed E-state index contributed by atoms with van der Waals surface area (Å²) in [5, 5.41) is 0. The fourth-order valence-corrected chi connectivity index (χ4v) is 2.00. The fourth-order valence-electron chi connectivity index (χ4n) is 1.74. The van der Waals surface area contributed by atoms with Gasteiger partial charge in [0, 0.05) is 35.3 Å². The zero-order chi connectivity index (χ0) is 13.7. The molecule has 19 heavy (non-hydrogen) atoms. The van der Waals surface area contributed by atoms with Crippen molar-refractivity contribution in [1.82, 2.24) is 9.55 Å². The molecule has 5 heteroatoms. The number of aromatic nitrogens is 2. The number of Topliss-reactive ketones (excluding diaryl/α,β-unsaturated/α-hetero) is 1. The van der Waals surface area contributed by atoms with E-state index in [0.717, 1.165) is 4.47 Å². The highest BCUT2D eigenvalue weighted by atomic mass is 79.9. The maximum atomic E-state index is 11.9. The van der Waals surface area contributed by atoms with Crippen LogP contribution in [0.2, 0.25) is 0 Å². The Labute approximate surface area is 119 Å². The van der Waals surface area contributed by atoms with Crippen LogP contribution in [0.15, 0.2) is 52.1 Å². The van der Waals surface area contributed by atoms with Crippen LogP contribution >= 0.6 is 15.9 Å². The summed E-state index contributed by atoms with van der Waals surface area (Å²) in [6, 6.07) is 8.69. The van der Waals surface area contributed by atoms with Crippen molar-refractivity contribution in [3.8, 4) is 0 Å². The van der Waals surface area contributed by atoms with E-state index < -0.39 is 0 Å². The number of nitrogens with zero attached hydrogens (tertiary/aromatic N) is 2. The highest BCUT2D eigenvalue weighted by Gasteiger charge is 2.05. The van der Waals surface area contributed by atoms with Gasteiger partial charge in [-0.2, -0.15) is 0 Å². The highest BCUT2D eigenvalue weighted by molar-refractivity contribution is 9.10. The molecule has 4 nitrogen and oxygen atoms in total. The lowest BCUT2D eigenvalue weighted by molar-refractivity contribution is 0.0978. The van der Waals surface area contributed by atoms with Crippen LogP contribution in [-0.4, -0.2) is 15.3 Å². The zero-order valence-electron chi connectivity index (χ0n) is 10.3. The summed E-state index contributed by atoms with van der Waals surface area (Å²) in [5.74, 6) is 0.0874. The number of hydrogen-bond donors (Lipinski definition) is 0. The van der Waals surface area contributed by atoms with E-state index >= 15 is 0 Å². The smallest absolute Gasteiger partial charge is 0.253 e. The molecule has 98 valence electrons. The number of ketones is 1. The molecule has 0 amide bonds. The second kappa shape index (κ2) is 6.43. The van der Waals surface area contributed by atoms with Crippen LogP contribution in [0, 0.1) is 0 Å². The molecule has 0 aliphatic rings. The van der Waals surface area contributed by atoms with Crippen molar-refractivity contribution in [3.63, 3.8) is 0 Å². The molecule has 0 fully saturated rings. The monoisotopic (exact) mass is 320 g/mol. The van der Waals surface area contributed by atoms with E-state index in [1.54, 1.807) is 12.1 Å². The van der Waals surface area contributed by atoms with Gasteiger partial charge in [-0.15, -0.1) is 0 Å². The Morgan fingerprint density at radius 3 is 2.63 bits per heavy atom. The highest BCUT2D eigenvalue weighted by Crippen LogP contribution is 2.12. The topological polar surface area (TPSA) is 52.0 Å². The van der Waals surface area contributed by atoms with Crippen molar-refractivity contribution < 1.29 is 4.79 Å². The molecule has 0 saturated heterocycles. The number of aryl methyl sites for hydroxylation is 1. The van der Waals surface area contributed by atoms with Gasteiger partial charge in [0.25, 0.3) is 5.56 Å². The van der Waals surface area contributed by atoms with Crippen LogP contribution < -0.4 is 5.56 Å². The summed E-state index contributed by atoms with van der Waals surface area (Å²) in [5.41, 5.74) is 0.604. The molecule has 2 aromatic rings. The minimum Gasteiger partial charge on any atom is -0.299 e. The second-order valence-electron chi connectivity index (χ2n) is 4.15. The van der Waals surface area contributed by atoms with Crippen molar-refractivity contribution in [3.05, 3.63) is 63.2 Å². The summed E-state index contributed by atoms with van der Waals surface area (Å²) < 4.78 is 2.46. The predicted octanol–water partition coefficient (Wildman–Crippen LogP) is 2.67. The lowest BCUT2D eigenvalue weighted by atomic mass is 10.1. The molecule has 0 bridgehead atoms. The summed E-state index contributed by atoms with van der Waals surface area (Å²) in [6.45, 7) is 0.509. The van der Waals surface area contributed by atoms with Gasteiger partial charge >= 0.3 is 0 Å². The molecule has 0 radical (unpaired) electrons. The fraction of sp³-hybridized carbons (Fsp3) is 0.214. The van der Waals surface area contributed by atoms with Crippen LogP contribution in [0.25, 0.3) is 0 Å². The third-order valence-corrected chi connectivity index (χ3v) is 3.29. The van der Waals surface area contributed by atoms with E-state index in [0.29, 0.717) is 24.9 Å². The van der Waals surface area contributed by atoms with Crippen LogP contribution in [0.4, 0.5) is 0 Å². The minimum absolute atomic E-state index is 0.0874. The molecule has 0 spiro atoms. The molecule has 0 aliphatic carbocycles. The van der Waals surface area contributed by atoms with Gasteiger partial charge in [0.15, 0.2) is 5.78 Å². The van der Waals surface area contributed by atoms with Crippen LogP contribution in [-0.2, 0) is 6.54 Å². The molecular formula is C14H13BrN2O2. The molecule has 0 saturated carbocycles. The van der Waals surface area contributed by atoms with Crippen molar-refractivity contribution in [2.75, 3.05) is 0 Å². The number of hydrogen-bond acceptors (Lipinski definition) is 3. The molecule has 1 aromatic carbocycles. The third kappa shape index (κ3) is 3.86. The maximum absolute atomic E-state index is 11.9. The van der Waals surface area contributed by atoms with E-state index in [1.165, 1.54) is 23.2 Å². The van der Waals surface area contributed by atoms with E-state index in [1.807, 2.05) is 12.1 Å². The first-order valence-corrected chi connectivity index (χ1v) is 6.75. The Hall–Kier alpha value is -1.75. The Morgan fingerprint density at radius 1 is 1.21 bits per heavy atom. The summed E-state index contributed by atoms with van der Waals surface area (Å²) in [4.78, 5) is 27.2. The maximum Gasteiger partial charge on any atom is 0.253 e.